The molecule has 3 aromatic rings. The third-order valence-electron chi connectivity index (χ3n) is 4.85. The van der Waals surface area contributed by atoms with E-state index < -0.39 is 0 Å². The van der Waals surface area contributed by atoms with Crippen molar-refractivity contribution in [2.75, 3.05) is 25.0 Å². The summed E-state index contributed by atoms with van der Waals surface area (Å²) in [5, 5.41) is 11.2. The Morgan fingerprint density at radius 2 is 2.03 bits per heavy atom. The van der Waals surface area contributed by atoms with E-state index in [9.17, 15) is 4.79 Å². The van der Waals surface area contributed by atoms with Gasteiger partial charge in [0.05, 0.1) is 11.1 Å². The molecule has 0 radical (unpaired) electrons. The predicted octanol–water partition coefficient (Wildman–Crippen LogP) is 5.64. The standard InChI is InChI=1S/C23H28N4OS2/c1-3-27(4-2)21(19-11-13-29-17-19)15-25-23(28)26-20-9-7-8-18(14-20)16-30-22-10-5-6-12-24-22/h5-14,17,21H,3-4,15-16H2,1-2H3,(H2,25,26,28). The number of hydrogen-bond donors (Lipinski definition) is 2. The van der Waals surface area contributed by atoms with Crippen molar-refractivity contribution < 1.29 is 4.79 Å². The third-order valence-corrected chi connectivity index (χ3v) is 6.56. The Hall–Kier alpha value is -2.35. The lowest BCUT2D eigenvalue weighted by atomic mass is 10.1. The zero-order valence-corrected chi connectivity index (χ0v) is 19.0. The topological polar surface area (TPSA) is 57.3 Å². The Labute approximate surface area is 186 Å². The predicted molar refractivity (Wildman–Crippen MR) is 127 cm³/mol. The molecule has 0 spiro atoms. The van der Waals surface area contributed by atoms with E-state index in [4.69, 9.17) is 0 Å². The fourth-order valence-electron chi connectivity index (χ4n) is 3.28. The molecule has 3 rings (SSSR count). The number of nitrogens with zero attached hydrogens (tertiary/aromatic N) is 2. The van der Waals surface area contributed by atoms with Gasteiger partial charge in [-0.15, -0.1) is 11.8 Å². The molecule has 30 heavy (non-hydrogen) atoms. The first-order chi connectivity index (χ1) is 14.7. The van der Waals surface area contributed by atoms with E-state index >= 15 is 0 Å². The van der Waals surface area contributed by atoms with E-state index in [1.165, 1.54) is 5.56 Å². The molecule has 0 fully saturated rings. The highest BCUT2D eigenvalue weighted by Crippen LogP contribution is 2.23. The lowest BCUT2D eigenvalue weighted by molar-refractivity contribution is 0.210. The van der Waals surface area contributed by atoms with Crippen molar-refractivity contribution in [3.05, 3.63) is 76.6 Å². The van der Waals surface area contributed by atoms with Gasteiger partial charge in [-0.2, -0.15) is 11.3 Å². The molecule has 158 valence electrons. The van der Waals surface area contributed by atoms with Gasteiger partial charge in [-0.1, -0.05) is 32.0 Å². The summed E-state index contributed by atoms with van der Waals surface area (Å²) in [5.41, 5.74) is 3.18. The van der Waals surface area contributed by atoms with Gasteiger partial charge in [-0.25, -0.2) is 9.78 Å². The molecule has 1 unspecified atom stereocenters. The van der Waals surface area contributed by atoms with E-state index in [0.717, 1.165) is 35.1 Å². The SMILES string of the molecule is CCN(CC)C(CNC(=O)Nc1cccc(CSc2ccccn2)c1)c1ccsc1. The summed E-state index contributed by atoms with van der Waals surface area (Å²) < 4.78 is 0. The van der Waals surface area contributed by atoms with Gasteiger partial charge in [-0.05, 0) is 65.3 Å². The third kappa shape index (κ3) is 6.58. The van der Waals surface area contributed by atoms with Crippen molar-refractivity contribution >= 4 is 34.8 Å². The zero-order chi connectivity index (χ0) is 21.2. The maximum absolute atomic E-state index is 12.5. The fraction of sp³-hybridized carbons (Fsp3) is 0.304. The second-order valence-electron chi connectivity index (χ2n) is 6.79. The normalized spacial score (nSPS) is 12.0. The van der Waals surface area contributed by atoms with Crippen molar-refractivity contribution in [3.63, 3.8) is 0 Å². The van der Waals surface area contributed by atoms with E-state index in [1.807, 2.05) is 36.4 Å². The number of benzene rings is 1. The van der Waals surface area contributed by atoms with Crippen molar-refractivity contribution in [3.8, 4) is 0 Å². The van der Waals surface area contributed by atoms with Gasteiger partial charge < -0.3 is 10.6 Å². The molecule has 1 atom stereocenters. The van der Waals surface area contributed by atoms with Crippen LogP contribution in [0.4, 0.5) is 10.5 Å². The number of rotatable bonds is 10. The Kier molecular flexibility index (Phi) is 8.74. The summed E-state index contributed by atoms with van der Waals surface area (Å²) in [4.78, 5) is 19.2. The molecule has 0 aliphatic rings. The number of thioether (sulfide) groups is 1. The highest BCUT2D eigenvalue weighted by Gasteiger charge is 2.19. The van der Waals surface area contributed by atoms with Gasteiger partial charge in [0.1, 0.15) is 0 Å². The van der Waals surface area contributed by atoms with Crippen LogP contribution in [0, 0.1) is 0 Å². The van der Waals surface area contributed by atoms with Gasteiger partial charge in [0, 0.05) is 24.2 Å². The number of pyridine rings is 1. The number of thiophene rings is 1. The molecule has 1 aromatic carbocycles. The van der Waals surface area contributed by atoms with Crippen molar-refractivity contribution in [2.45, 2.75) is 30.7 Å². The van der Waals surface area contributed by atoms with Crippen LogP contribution in [0.2, 0.25) is 0 Å². The minimum atomic E-state index is -0.183. The summed E-state index contributed by atoms with van der Waals surface area (Å²) in [6, 6.07) is 16.0. The molecule has 0 saturated heterocycles. The highest BCUT2D eigenvalue weighted by molar-refractivity contribution is 7.98. The summed E-state index contributed by atoms with van der Waals surface area (Å²) >= 11 is 3.36. The van der Waals surface area contributed by atoms with Crippen LogP contribution in [0.1, 0.15) is 31.0 Å². The van der Waals surface area contributed by atoms with Crippen LogP contribution in [0.3, 0.4) is 0 Å². The lowest BCUT2D eigenvalue weighted by Gasteiger charge is -2.29. The number of amides is 2. The average Bonchev–Trinajstić information content (AvgIpc) is 3.31. The number of anilines is 1. The van der Waals surface area contributed by atoms with Crippen LogP contribution >= 0.6 is 23.1 Å². The van der Waals surface area contributed by atoms with Crippen molar-refractivity contribution in [1.82, 2.24) is 15.2 Å². The van der Waals surface area contributed by atoms with Crippen LogP contribution in [0.25, 0.3) is 0 Å². The summed E-state index contributed by atoms with van der Waals surface area (Å²) in [5.74, 6) is 0.802. The fourth-order valence-corrected chi connectivity index (χ4v) is 4.79. The van der Waals surface area contributed by atoms with Crippen molar-refractivity contribution in [1.29, 1.82) is 0 Å². The summed E-state index contributed by atoms with van der Waals surface area (Å²) in [7, 11) is 0. The lowest BCUT2D eigenvalue weighted by Crippen LogP contribution is -2.39. The second kappa shape index (κ2) is 11.7. The minimum absolute atomic E-state index is 0.179. The van der Waals surface area contributed by atoms with E-state index in [-0.39, 0.29) is 12.1 Å². The number of urea groups is 1. The Morgan fingerprint density at radius 3 is 2.73 bits per heavy atom. The van der Waals surface area contributed by atoms with E-state index in [0.29, 0.717) is 6.54 Å². The molecule has 5 nitrogen and oxygen atoms in total. The monoisotopic (exact) mass is 440 g/mol. The Bertz CT molecular complexity index is 899. The summed E-state index contributed by atoms with van der Waals surface area (Å²) in [6.45, 7) is 6.75. The molecule has 2 aromatic heterocycles. The van der Waals surface area contributed by atoms with Gasteiger partial charge in [0.2, 0.25) is 0 Å². The van der Waals surface area contributed by atoms with Crippen LogP contribution in [-0.4, -0.2) is 35.5 Å². The molecule has 0 saturated carbocycles. The maximum atomic E-state index is 12.5. The van der Waals surface area contributed by atoms with Crippen molar-refractivity contribution in [2.24, 2.45) is 0 Å². The number of carbonyl (C=O) groups excluding carboxylic acids is 1. The number of carbonyl (C=O) groups is 1. The number of likely N-dealkylation sites (N-methyl/N-ethyl adjacent to an activating group) is 1. The van der Waals surface area contributed by atoms with Gasteiger partial charge in [0.25, 0.3) is 0 Å². The molecule has 7 heteroatoms. The van der Waals surface area contributed by atoms with Crippen LogP contribution in [0.15, 0.2) is 70.5 Å². The van der Waals surface area contributed by atoms with Crippen LogP contribution in [0.5, 0.6) is 0 Å². The molecule has 0 aliphatic carbocycles. The molecule has 0 aliphatic heterocycles. The molecular formula is C23H28N4OS2. The first-order valence-electron chi connectivity index (χ1n) is 10.1. The first-order valence-corrected chi connectivity index (χ1v) is 12.1. The summed E-state index contributed by atoms with van der Waals surface area (Å²) in [6.07, 6.45) is 1.80. The minimum Gasteiger partial charge on any atom is -0.336 e. The molecule has 2 heterocycles. The Balaban J connectivity index is 1.55. The largest absolute Gasteiger partial charge is 0.336 e. The second-order valence-corrected chi connectivity index (χ2v) is 8.56. The van der Waals surface area contributed by atoms with E-state index in [2.05, 4.69) is 57.3 Å². The number of hydrogen-bond acceptors (Lipinski definition) is 5. The molecule has 2 amide bonds. The highest BCUT2D eigenvalue weighted by atomic mass is 32.2. The average molecular weight is 441 g/mol. The number of aromatic nitrogens is 1. The van der Waals surface area contributed by atoms with Gasteiger partial charge >= 0.3 is 6.03 Å². The zero-order valence-electron chi connectivity index (χ0n) is 17.4. The van der Waals surface area contributed by atoms with Crippen LogP contribution in [-0.2, 0) is 5.75 Å². The van der Waals surface area contributed by atoms with Gasteiger partial charge in [-0.3, -0.25) is 4.90 Å². The van der Waals surface area contributed by atoms with E-state index in [1.54, 1.807) is 29.3 Å². The molecule has 2 N–H and O–H groups in total. The first kappa shape index (κ1) is 22.3. The number of nitrogens with one attached hydrogen (secondary N) is 2. The molecule has 0 bridgehead atoms. The van der Waals surface area contributed by atoms with Gasteiger partial charge in [0.15, 0.2) is 0 Å². The Morgan fingerprint density at radius 1 is 1.17 bits per heavy atom. The molecular weight excluding hydrogens is 412 g/mol. The maximum Gasteiger partial charge on any atom is 0.319 e. The smallest absolute Gasteiger partial charge is 0.319 e. The van der Waals surface area contributed by atoms with Crippen LogP contribution < -0.4 is 10.6 Å². The quantitative estimate of drug-likeness (QED) is 0.401.